The molecule has 0 radical (unpaired) electrons. The second-order valence-electron chi connectivity index (χ2n) is 6.26. The van der Waals surface area contributed by atoms with Gasteiger partial charge in [-0.2, -0.15) is 0 Å². The first-order valence-corrected chi connectivity index (χ1v) is 10.1. The zero-order valence-electron chi connectivity index (χ0n) is 15.6. The van der Waals surface area contributed by atoms with Crippen molar-refractivity contribution in [3.05, 3.63) is 59.5 Å². The molecule has 7 heteroatoms. The zero-order valence-corrected chi connectivity index (χ0v) is 16.4. The summed E-state index contributed by atoms with van der Waals surface area (Å²) in [5.74, 6) is 1.21. The minimum Gasteiger partial charge on any atom is -0.494 e. The van der Waals surface area contributed by atoms with Crippen molar-refractivity contribution >= 4 is 34.2 Å². The van der Waals surface area contributed by atoms with E-state index in [1.54, 1.807) is 23.9 Å². The van der Waals surface area contributed by atoms with Crippen LogP contribution in [-0.2, 0) is 4.79 Å². The molecular formula is C21H21N3O3S. The highest BCUT2D eigenvalue weighted by Gasteiger charge is 2.26. The standard InChI is InChI=1S/C21H21N3O3S/c1-2-26-17-7-9-18(10-8-17)27-13-20(25)23-16-5-3-15(4-6-16)19-14-28-21-22-11-12-24(19)21/h3-10,14H,2,11-13H2,1H3,(H,23,25). The number of carbonyl (C=O) groups is 1. The molecule has 0 unspecified atom stereocenters. The largest absolute Gasteiger partial charge is 0.494 e. The number of amidine groups is 1. The molecule has 0 aliphatic carbocycles. The van der Waals surface area contributed by atoms with Crippen LogP contribution >= 0.6 is 11.8 Å². The van der Waals surface area contributed by atoms with Crippen LogP contribution in [0.15, 0.2) is 58.9 Å². The van der Waals surface area contributed by atoms with Crippen molar-refractivity contribution in [2.24, 2.45) is 4.99 Å². The van der Waals surface area contributed by atoms with Crippen molar-refractivity contribution in [1.29, 1.82) is 0 Å². The first-order chi connectivity index (χ1) is 13.7. The Morgan fingerprint density at radius 1 is 1.11 bits per heavy atom. The Morgan fingerprint density at radius 2 is 1.82 bits per heavy atom. The van der Waals surface area contributed by atoms with Crippen LogP contribution < -0.4 is 14.8 Å². The lowest BCUT2D eigenvalue weighted by Gasteiger charge is -2.17. The highest BCUT2D eigenvalue weighted by molar-refractivity contribution is 8.16. The van der Waals surface area contributed by atoms with Gasteiger partial charge in [-0.25, -0.2) is 0 Å². The molecule has 28 heavy (non-hydrogen) atoms. The molecule has 2 aromatic carbocycles. The van der Waals surface area contributed by atoms with Gasteiger partial charge in [-0.1, -0.05) is 23.9 Å². The van der Waals surface area contributed by atoms with E-state index in [1.807, 2.05) is 43.3 Å². The summed E-state index contributed by atoms with van der Waals surface area (Å²) in [5.41, 5.74) is 3.02. The molecule has 0 aromatic heterocycles. The SMILES string of the molecule is CCOc1ccc(OCC(=O)Nc2ccc(C3=CSC4=NCCN34)cc2)cc1. The smallest absolute Gasteiger partial charge is 0.262 e. The number of fused-ring (bicyclic) bond motifs is 1. The van der Waals surface area contributed by atoms with Crippen LogP contribution in [0, 0.1) is 0 Å². The van der Waals surface area contributed by atoms with Crippen molar-refractivity contribution < 1.29 is 14.3 Å². The molecule has 0 saturated carbocycles. The summed E-state index contributed by atoms with van der Waals surface area (Å²) in [4.78, 5) is 18.8. The Kier molecular flexibility index (Phi) is 5.53. The number of carbonyl (C=O) groups excluding carboxylic acids is 1. The van der Waals surface area contributed by atoms with Crippen molar-refractivity contribution in [3.63, 3.8) is 0 Å². The summed E-state index contributed by atoms with van der Waals surface area (Å²) in [6, 6.07) is 15.0. The Hall–Kier alpha value is -2.93. The van der Waals surface area contributed by atoms with Gasteiger partial charge in [0.25, 0.3) is 5.91 Å². The maximum atomic E-state index is 12.1. The van der Waals surface area contributed by atoms with Crippen molar-refractivity contribution in [2.45, 2.75) is 6.92 Å². The van der Waals surface area contributed by atoms with Gasteiger partial charge in [-0.15, -0.1) is 0 Å². The Morgan fingerprint density at radius 3 is 2.54 bits per heavy atom. The molecular weight excluding hydrogens is 374 g/mol. The third-order valence-corrected chi connectivity index (χ3v) is 5.24. The maximum Gasteiger partial charge on any atom is 0.262 e. The average Bonchev–Trinajstić information content (AvgIpc) is 3.32. The van der Waals surface area contributed by atoms with Crippen LogP contribution in [0.1, 0.15) is 12.5 Å². The molecule has 0 spiro atoms. The minimum absolute atomic E-state index is 0.0505. The van der Waals surface area contributed by atoms with E-state index >= 15 is 0 Å². The van der Waals surface area contributed by atoms with E-state index in [0.717, 1.165) is 41.0 Å². The second kappa shape index (κ2) is 8.39. The quantitative estimate of drug-likeness (QED) is 0.772. The van der Waals surface area contributed by atoms with Gasteiger partial charge in [-0.3, -0.25) is 9.79 Å². The van der Waals surface area contributed by atoms with Crippen molar-refractivity contribution in [1.82, 2.24) is 4.90 Å². The van der Waals surface area contributed by atoms with E-state index in [4.69, 9.17) is 9.47 Å². The maximum absolute atomic E-state index is 12.1. The van der Waals surface area contributed by atoms with Crippen molar-refractivity contribution in [2.75, 3.05) is 31.6 Å². The summed E-state index contributed by atoms with van der Waals surface area (Å²) in [6.45, 7) is 4.27. The monoisotopic (exact) mass is 395 g/mol. The fraction of sp³-hybridized carbons (Fsp3) is 0.238. The third kappa shape index (κ3) is 4.14. The number of anilines is 1. The number of benzene rings is 2. The summed E-state index contributed by atoms with van der Waals surface area (Å²) < 4.78 is 10.9. The second-order valence-corrected chi connectivity index (χ2v) is 7.09. The normalized spacial score (nSPS) is 15.0. The number of nitrogens with zero attached hydrogens (tertiary/aromatic N) is 2. The van der Waals surface area contributed by atoms with E-state index < -0.39 is 0 Å². The number of hydrogen-bond donors (Lipinski definition) is 1. The lowest BCUT2D eigenvalue weighted by atomic mass is 10.1. The highest BCUT2D eigenvalue weighted by Crippen LogP contribution is 2.35. The molecule has 0 saturated heterocycles. The number of amides is 1. The van der Waals surface area contributed by atoms with Crippen molar-refractivity contribution in [3.8, 4) is 11.5 Å². The Labute approximate surface area is 168 Å². The zero-order chi connectivity index (χ0) is 19.3. The van der Waals surface area contributed by atoms with E-state index in [9.17, 15) is 4.79 Å². The molecule has 2 aliphatic heterocycles. The van der Waals surface area contributed by atoms with Crippen LogP contribution in [0.3, 0.4) is 0 Å². The number of ether oxygens (including phenoxy) is 2. The molecule has 4 rings (SSSR count). The van der Waals surface area contributed by atoms with Gasteiger partial charge in [0.15, 0.2) is 11.8 Å². The van der Waals surface area contributed by atoms with Gasteiger partial charge in [0, 0.05) is 17.6 Å². The third-order valence-electron chi connectivity index (χ3n) is 4.34. The molecule has 0 fully saturated rings. The van der Waals surface area contributed by atoms with Crippen LogP contribution in [0.2, 0.25) is 0 Å². The fourth-order valence-corrected chi connectivity index (χ4v) is 3.98. The molecule has 0 atom stereocenters. The summed E-state index contributed by atoms with van der Waals surface area (Å²) in [7, 11) is 0. The fourth-order valence-electron chi connectivity index (χ4n) is 3.02. The van der Waals surface area contributed by atoms with Crippen LogP contribution in [0.4, 0.5) is 5.69 Å². The van der Waals surface area contributed by atoms with Gasteiger partial charge in [0.1, 0.15) is 11.5 Å². The number of rotatable bonds is 7. The predicted molar refractivity (Wildman–Crippen MR) is 113 cm³/mol. The lowest BCUT2D eigenvalue weighted by molar-refractivity contribution is -0.118. The Bertz CT molecular complexity index is 907. The predicted octanol–water partition coefficient (Wildman–Crippen LogP) is 3.82. The van der Waals surface area contributed by atoms with Gasteiger partial charge in [0.2, 0.25) is 0 Å². The molecule has 1 N–H and O–H groups in total. The van der Waals surface area contributed by atoms with Gasteiger partial charge in [-0.05, 0) is 48.9 Å². The summed E-state index contributed by atoms with van der Waals surface area (Å²) in [6.07, 6.45) is 0. The molecule has 2 aliphatic rings. The summed E-state index contributed by atoms with van der Waals surface area (Å²) >= 11 is 1.66. The number of aliphatic imine (C=N–C) groups is 1. The van der Waals surface area contributed by atoms with E-state index in [1.165, 1.54) is 0 Å². The highest BCUT2D eigenvalue weighted by atomic mass is 32.2. The molecule has 1 amide bonds. The van der Waals surface area contributed by atoms with E-state index in [-0.39, 0.29) is 12.5 Å². The van der Waals surface area contributed by atoms with Crippen LogP contribution in [0.5, 0.6) is 11.5 Å². The number of nitrogens with one attached hydrogen (secondary N) is 1. The topological polar surface area (TPSA) is 63.2 Å². The Balaban J connectivity index is 1.29. The molecule has 0 bridgehead atoms. The molecule has 2 aromatic rings. The minimum atomic E-state index is -0.203. The van der Waals surface area contributed by atoms with E-state index in [0.29, 0.717) is 12.4 Å². The van der Waals surface area contributed by atoms with E-state index in [2.05, 4.69) is 20.6 Å². The first-order valence-electron chi connectivity index (χ1n) is 9.17. The van der Waals surface area contributed by atoms with Crippen LogP contribution in [-0.4, -0.2) is 42.3 Å². The van der Waals surface area contributed by atoms with Gasteiger partial charge < -0.3 is 19.7 Å². The van der Waals surface area contributed by atoms with Gasteiger partial charge >= 0.3 is 0 Å². The average molecular weight is 395 g/mol. The number of hydrogen-bond acceptors (Lipinski definition) is 6. The lowest BCUT2D eigenvalue weighted by Crippen LogP contribution is -2.20. The first kappa shape index (κ1) is 18.4. The number of thioether (sulfide) groups is 1. The molecule has 2 heterocycles. The van der Waals surface area contributed by atoms with Gasteiger partial charge in [0.05, 0.1) is 18.8 Å². The molecule has 144 valence electrons. The summed E-state index contributed by atoms with van der Waals surface area (Å²) in [5, 5.41) is 6.05. The molecule has 6 nitrogen and oxygen atoms in total. The van der Waals surface area contributed by atoms with Crippen LogP contribution in [0.25, 0.3) is 5.70 Å².